The molecule has 0 aromatic carbocycles. The van der Waals surface area contributed by atoms with E-state index in [0.29, 0.717) is 19.6 Å². The zero-order chi connectivity index (χ0) is 12.5. The minimum absolute atomic E-state index is 0.102. The van der Waals surface area contributed by atoms with Gasteiger partial charge in [0, 0.05) is 6.42 Å². The Balaban J connectivity index is 2.15. The van der Waals surface area contributed by atoms with Crippen molar-refractivity contribution in [1.82, 2.24) is 4.98 Å². The van der Waals surface area contributed by atoms with Gasteiger partial charge < -0.3 is 14.6 Å². The second kappa shape index (κ2) is 4.72. The lowest BCUT2D eigenvalue weighted by atomic mass is 10.2. The molecule has 2 heterocycles. The summed E-state index contributed by atoms with van der Waals surface area (Å²) in [6.45, 7) is 4.93. The van der Waals surface area contributed by atoms with Gasteiger partial charge in [-0.2, -0.15) is 0 Å². The molecular formula is C11H15NO4S. The van der Waals surface area contributed by atoms with E-state index >= 15 is 0 Å². The lowest BCUT2D eigenvalue weighted by Crippen LogP contribution is -2.21. The first-order valence-corrected chi connectivity index (χ1v) is 6.29. The van der Waals surface area contributed by atoms with Gasteiger partial charge in [0.25, 0.3) is 0 Å². The van der Waals surface area contributed by atoms with Crippen LogP contribution in [-0.4, -0.2) is 29.3 Å². The molecule has 1 aliphatic heterocycles. The first-order valence-electron chi connectivity index (χ1n) is 5.48. The second-order valence-corrected chi connectivity index (χ2v) is 5.14. The topological polar surface area (TPSA) is 68.7 Å². The van der Waals surface area contributed by atoms with E-state index in [-0.39, 0.29) is 6.42 Å². The Labute approximate surface area is 103 Å². The molecule has 6 heteroatoms. The van der Waals surface area contributed by atoms with Crippen molar-refractivity contribution in [3.05, 3.63) is 15.6 Å². The summed E-state index contributed by atoms with van der Waals surface area (Å²) >= 11 is 1.47. The lowest BCUT2D eigenvalue weighted by Gasteiger charge is -2.20. The fourth-order valence-corrected chi connectivity index (χ4v) is 2.96. The third-order valence-electron chi connectivity index (χ3n) is 2.64. The van der Waals surface area contributed by atoms with E-state index in [4.69, 9.17) is 14.6 Å². The standard InChI is InChI=1S/C11H15NO4S/c1-7-10(11(2)15-5-6-16-11)17-8(12-7)3-4-9(13)14/h3-6H2,1-2H3,(H,13,14). The summed E-state index contributed by atoms with van der Waals surface area (Å²) in [4.78, 5) is 15.8. The van der Waals surface area contributed by atoms with Gasteiger partial charge in [-0.3, -0.25) is 4.79 Å². The number of carboxylic acid groups (broad SMARTS) is 1. The van der Waals surface area contributed by atoms with Crippen LogP contribution in [0.5, 0.6) is 0 Å². The zero-order valence-corrected chi connectivity index (χ0v) is 10.7. The summed E-state index contributed by atoms with van der Waals surface area (Å²) in [6, 6.07) is 0. The summed E-state index contributed by atoms with van der Waals surface area (Å²) < 4.78 is 11.2. The van der Waals surface area contributed by atoms with Crippen LogP contribution in [0, 0.1) is 6.92 Å². The van der Waals surface area contributed by atoms with Crippen molar-refractivity contribution in [2.24, 2.45) is 0 Å². The Morgan fingerprint density at radius 2 is 2.18 bits per heavy atom. The first-order chi connectivity index (χ1) is 8.01. The van der Waals surface area contributed by atoms with Crippen LogP contribution in [0.1, 0.15) is 28.9 Å². The smallest absolute Gasteiger partial charge is 0.303 e. The Morgan fingerprint density at radius 3 is 2.76 bits per heavy atom. The van der Waals surface area contributed by atoms with Crippen molar-refractivity contribution >= 4 is 17.3 Å². The van der Waals surface area contributed by atoms with Gasteiger partial charge in [0.1, 0.15) is 0 Å². The Hall–Kier alpha value is -0.980. The Kier molecular flexibility index (Phi) is 3.46. The molecule has 0 aliphatic carbocycles. The molecule has 5 nitrogen and oxygen atoms in total. The highest BCUT2D eigenvalue weighted by molar-refractivity contribution is 7.11. The summed E-state index contributed by atoms with van der Waals surface area (Å²) in [5.74, 6) is -1.51. The number of ether oxygens (including phenoxy) is 2. The van der Waals surface area contributed by atoms with Crippen molar-refractivity contribution < 1.29 is 19.4 Å². The molecule has 1 aliphatic rings. The average molecular weight is 257 g/mol. The van der Waals surface area contributed by atoms with Crippen LogP contribution in [0.3, 0.4) is 0 Å². The van der Waals surface area contributed by atoms with Gasteiger partial charge >= 0.3 is 5.97 Å². The van der Waals surface area contributed by atoms with Crippen molar-refractivity contribution in [2.75, 3.05) is 13.2 Å². The van der Waals surface area contributed by atoms with Crippen molar-refractivity contribution in [3.63, 3.8) is 0 Å². The molecule has 0 spiro atoms. The molecular weight excluding hydrogens is 242 g/mol. The molecule has 0 bridgehead atoms. The predicted molar refractivity (Wildman–Crippen MR) is 62.1 cm³/mol. The fraction of sp³-hybridized carbons (Fsp3) is 0.636. The van der Waals surface area contributed by atoms with Crippen molar-refractivity contribution in [3.8, 4) is 0 Å². The van der Waals surface area contributed by atoms with E-state index < -0.39 is 11.8 Å². The first kappa shape index (κ1) is 12.5. The molecule has 0 radical (unpaired) electrons. The molecule has 17 heavy (non-hydrogen) atoms. The number of carbonyl (C=O) groups is 1. The van der Waals surface area contributed by atoms with Gasteiger partial charge in [-0.05, 0) is 13.8 Å². The number of hydrogen-bond acceptors (Lipinski definition) is 5. The van der Waals surface area contributed by atoms with E-state index in [1.165, 1.54) is 11.3 Å². The molecule has 0 atom stereocenters. The van der Waals surface area contributed by atoms with Crippen LogP contribution >= 0.6 is 11.3 Å². The van der Waals surface area contributed by atoms with Crippen LogP contribution in [-0.2, 0) is 26.5 Å². The molecule has 1 N–H and O–H groups in total. The maximum atomic E-state index is 10.5. The van der Waals surface area contributed by atoms with E-state index in [2.05, 4.69) is 4.98 Å². The van der Waals surface area contributed by atoms with E-state index in [9.17, 15) is 4.79 Å². The quantitative estimate of drug-likeness (QED) is 0.889. The molecule has 1 aromatic heterocycles. The highest BCUT2D eigenvalue weighted by Crippen LogP contribution is 2.37. The molecule has 2 rings (SSSR count). The minimum Gasteiger partial charge on any atom is -0.481 e. The fourth-order valence-electron chi connectivity index (χ4n) is 1.84. The predicted octanol–water partition coefficient (Wildman–Crippen LogP) is 1.69. The normalized spacial score (nSPS) is 18.5. The maximum absolute atomic E-state index is 10.5. The van der Waals surface area contributed by atoms with Gasteiger partial charge in [0.2, 0.25) is 5.79 Å². The van der Waals surface area contributed by atoms with E-state index in [0.717, 1.165) is 15.6 Å². The molecule has 1 aromatic rings. The van der Waals surface area contributed by atoms with E-state index in [1.807, 2.05) is 13.8 Å². The Morgan fingerprint density at radius 1 is 1.53 bits per heavy atom. The monoisotopic (exact) mass is 257 g/mol. The lowest BCUT2D eigenvalue weighted by molar-refractivity contribution is -0.147. The van der Waals surface area contributed by atoms with Crippen LogP contribution in [0.25, 0.3) is 0 Å². The van der Waals surface area contributed by atoms with Crippen LogP contribution < -0.4 is 0 Å². The number of carboxylic acids is 1. The highest BCUT2D eigenvalue weighted by atomic mass is 32.1. The molecule has 0 saturated carbocycles. The number of aliphatic carboxylic acids is 1. The van der Waals surface area contributed by atoms with Crippen LogP contribution in [0.4, 0.5) is 0 Å². The maximum Gasteiger partial charge on any atom is 0.303 e. The molecule has 0 unspecified atom stereocenters. The van der Waals surface area contributed by atoms with Crippen molar-refractivity contribution in [2.45, 2.75) is 32.5 Å². The van der Waals surface area contributed by atoms with Crippen molar-refractivity contribution in [1.29, 1.82) is 0 Å². The average Bonchev–Trinajstić information content (AvgIpc) is 2.83. The number of thiazole rings is 1. The largest absolute Gasteiger partial charge is 0.481 e. The number of aromatic nitrogens is 1. The minimum atomic E-state index is -0.806. The molecule has 0 amide bonds. The number of nitrogens with zero attached hydrogens (tertiary/aromatic N) is 1. The van der Waals surface area contributed by atoms with Gasteiger partial charge in [-0.1, -0.05) is 0 Å². The van der Waals surface area contributed by atoms with Crippen LogP contribution in [0.15, 0.2) is 0 Å². The van der Waals surface area contributed by atoms with Gasteiger partial charge in [0.15, 0.2) is 0 Å². The highest BCUT2D eigenvalue weighted by Gasteiger charge is 2.36. The third-order valence-corrected chi connectivity index (χ3v) is 4.05. The summed E-state index contributed by atoms with van der Waals surface area (Å²) in [7, 11) is 0. The van der Waals surface area contributed by atoms with Gasteiger partial charge in [-0.25, -0.2) is 4.98 Å². The number of rotatable bonds is 4. The molecule has 1 fully saturated rings. The summed E-state index contributed by atoms with van der Waals surface area (Å²) in [6.07, 6.45) is 0.557. The summed E-state index contributed by atoms with van der Waals surface area (Å²) in [5.41, 5.74) is 0.861. The summed E-state index contributed by atoms with van der Waals surface area (Å²) in [5, 5.41) is 9.46. The molecule has 1 saturated heterocycles. The zero-order valence-electron chi connectivity index (χ0n) is 9.86. The second-order valence-electron chi connectivity index (χ2n) is 4.06. The van der Waals surface area contributed by atoms with Gasteiger partial charge in [0.05, 0.1) is 35.2 Å². The molecule has 94 valence electrons. The van der Waals surface area contributed by atoms with E-state index in [1.54, 1.807) is 0 Å². The SMILES string of the molecule is Cc1nc(CCC(=O)O)sc1C1(C)OCCO1. The van der Waals surface area contributed by atoms with Crippen LogP contribution in [0.2, 0.25) is 0 Å². The number of hydrogen-bond donors (Lipinski definition) is 1. The Bertz CT molecular complexity index is 423. The number of aryl methyl sites for hydroxylation is 2. The van der Waals surface area contributed by atoms with Gasteiger partial charge in [-0.15, -0.1) is 11.3 Å². The third kappa shape index (κ3) is 2.65.